The van der Waals surface area contributed by atoms with E-state index >= 15 is 0 Å². The Kier molecular flexibility index (Phi) is 7.48. The maximum absolute atomic E-state index is 10.3. The zero-order valence-corrected chi connectivity index (χ0v) is 18.6. The van der Waals surface area contributed by atoms with Gasteiger partial charge in [-0.3, -0.25) is 4.98 Å². The van der Waals surface area contributed by atoms with Crippen molar-refractivity contribution in [2.75, 3.05) is 0 Å². The first-order valence-corrected chi connectivity index (χ1v) is 11.6. The number of nitriles is 1. The zero-order chi connectivity index (χ0) is 20.7. The lowest BCUT2D eigenvalue weighted by Crippen LogP contribution is -2.26. The summed E-state index contributed by atoms with van der Waals surface area (Å²) in [7, 11) is 0. The van der Waals surface area contributed by atoms with Gasteiger partial charge in [-0.15, -0.1) is 0 Å². The van der Waals surface area contributed by atoms with Gasteiger partial charge in [0.05, 0.1) is 11.8 Å². The van der Waals surface area contributed by atoms with Crippen LogP contribution in [-0.2, 0) is 31.1 Å². The summed E-state index contributed by atoms with van der Waals surface area (Å²) in [5.74, 6) is 0. The van der Waals surface area contributed by atoms with Crippen molar-refractivity contribution in [2.24, 2.45) is 0 Å². The Morgan fingerprint density at radius 2 is 1.69 bits per heavy atom. The number of nitrogens with zero attached hydrogens (tertiary/aromatic N) is 2. The molecule has 0 amide bonds. The van der Waals surface area contributed by atoms with Crippen LogP contribution in [0.1, 0.15) is 92.4 Å². The first-order valence-electron chi connectivity index (χ1n) is 11.6. The monoisotopic (exact) mass is 388 g/mol. The smallest absolute Gasteiger partial charge is 0.104 e. The second kappa shape index (κ2) is 10.1. The van der Waals surface area contributed by atoms with E-state index in [4.69, 9.17) is 4.98 Å². The number of pyridine rings is 1. The lowest BCUT2D eigenvalue weighted by Gasteiger charge is -2.24. The molecule has 1 aromatic heterocycles. The average molecular weight is 389 g/mol. The Hall–Kier alpha value is -2.14. The summed E-state index contributed by atoms with van der Waals surface area (Å²) < 4.78 is 0. The largest absolute Gasteiger partial charge is 0.256 e. The minimum Gasteiger partial charge on any atom is -0.256 e. The molecule has 1 aliphatic carbocycles. The lowest BCUT2D eigenvalue weighted by atomic mass is 9.80. The number of aromatic nitrogens is 1. The van der Waals surface area contributed by atoms with E-state index < -0.39 is 5.41 Å². The van der Waals surface area contributed by atoms with Crippen molar-refractivity contribution in [1.29, 1.82) is 5.26 Å². The molecule has 1 atom stereocenters. The van der Waals surface area contributed by atoms with Crippen molar-refractivity contribution in [3.63, 3.8) is 0 Å². The fourth-order valence-corrected chi connectivity index (χ4v) is 4.90. The topological polar surface area (TPSA) is 36.7 Å². The Morgan fingerprint density at radius 1 is 1.00 bits per heavy atom. The van der Waals surface area contributed by atoms with Gasteiger partial charge in [0.1, 0.15) is 5.41 Å². The number of aryl methyl sites for hydroxylation is 1. The molecule has 154 valence electrons. The van der Waals surface area contributed by atoms with Crippen LogP contribution in [0.25, 0.3) is 0 Å². The number of hydrogen-bond acceptors (Lipinski definition) is 2. The van der Waals surface area contributed by atoms with Crippen LogP contribution in [0.5, 0.6) is 0 Å². The van der Waals surface area contributed by atoms with Crippen LogP contribution in [0.4, 0.5) is 0 Å². The van der Waals surface area contributed by atoms with Crippen molar-refractivity contribution < 1.29 is 0 Å². The third-order valence-corrected chi connectivity index (χ3v) is 6.65. The molecule has 2 nitrogen and oxygen atoms in total. The molecule has 1 unspecified atom stereocenters. The van der Waals surface area contributed by atoms with E-state index in [9.17, 15) is 5.26 Å². The van der Waals surface area contributed by atoms with E-state index in [1.165, 1.54) is 66.5 Å². The van der Waals surface area contributed by atoms with E-state index in [0.717, 1.165) is 37.8 Å². The molecule has 3 rings (SSSR count). The predicted molar refractivity (Wildman–Crippen MR) is 121 cm³/mol. The van der Waals surface area contributed by atoms with Gasteiger partial charge in [-0.1, -0.05) is 69.9 Å². The summed E-state index contributed by atoms with van der Waals surface area (Å²) in [6, 6.07) is 13.2. The predicted octanol–water partition coefficient (Wildman–Crippen LogP) is 6.81. The van der Waals surface area contributed by atoms with Crippen LogP contribution >= 0.6 is 0 Å². The van der Waals surface area contributed by atoms with Crippen LogP contribution in [0.15, 0.2) is 30.3 Å². The maximum atomic E-state index is 10.3. The summed E-state index contributed by atoms with van der Waals surface area (Å²) in [4.78, 5) is 5.26. The highest BCUT2D eigenvalue weighted by atomic mass is 14.8. The molecule has 2 heteroatoms. The molecule has 0 radical (unpaired) electrons. The number of benzene rings is 1. The minimum absolute atomic E-state index is 0.469. The normalized spacial score (nSPS) is 17.9. The molecule has 29 heavy (non-hydrogen) atoms. The highest BCUT2D eigenvalue weighted by Gasteiger charge is 2.42. The van der Waals surface area contributed by atoms with Gasteiger partial charge in [0.2, 0.25) is 0 Å². The molecular weight excluding hydrogens is 352 g/mol. The number of rotatable bonds is 10. The second-order valence-electron chi connectivity index (χ2n) is 8.76. The van der Waals surface area contributed by atoms with E-state index in [1.807, 2.05) is 6.07 Å². The standard InChI is InChI=1S/C27H36N2/c1-4-6-9-15-23-21(3)24-17-18-27(20-28,19-22-13-11-8-12-14-22)26(24)29-25(23)16-10-7-5-2/h8,11-14H,4-7,9-10,15-19H2,1-3H3. The Bertz CT molecular complexity index is 847. The minimum atomic E-state index is -0.469. The Balaban J connectivity index is 2.00. The first-order chi connectivity index (χ1) is 14.1. The fourth-order valence-electron chi connectivity index (χ4n) is 4.90. The fraction of sp³-hybridized carbons (Fsp3) is 0.556. The Labute approximate surface area is 177 Å². The van der Waals surface area contributed by atoms with Gasteiger partial charge < -0.3 is 0 Å². The quantitative estimate of drug-likeness (QED) is 0.419. The van der Waals surface area contributed by atoms with Crippen LogP contribution in [-0.4, -0.2) is 4.98 Å². The number of unbranched alkanes of at least 4 members (excludes halogenated alkanes) is 4. The summed E-state index contributed by atoms with van der Waals surface area (Å²) in [5, 5.41) is 10.3. The highest BCUT2D eigenvalue weighted by Crippen LogP contribution is 2.43. The van der Waals surface area contributed by atoms with Crippen LogP contribution in [0.3, 0.4) is 0 Å². The highest BCUT2D eigenvalue weighted by molar-refractivity contribution is 5.49. The van der Waals surface area contributed by atoms with Crippen LogP contribution in [0, 0.1) is 18.3 Å². The van der Waals surface area contributed by atoms with Gasteiger partial charge in [-0.2, -0.15) is 5.26 Å². The summed E-state index contributed by atoms with van der Waals surface area (Å²) >= 11 is 0. The number of fused-ring (bicyclic) bond motifs is 1. The molecule has 1 aromatic carbocycles. The van der Waals surface area contributed by atoms with Gasteiger partial charge >= 0.3 is 0 Å². The molecule has 0 saturated carbocycles. The molecule has 0 saturated heterocycles. The summed E-state index contributed by atoms with van der Waals surface area (Å²) in [5.41, 5.74) is 7.43. The molecule has 0 bridgehead atoms. The third-order valence-electron chi connectivity index (χ3n) is 6.65. The molecule has 0 fully saturated rings. The molecule has 0 N–H and O–H groups in total. The molecular formula is C27H36N2. The average Bonchev–Trinajstić information content (AvgIpc) is 3.10. The summed E-state index contributed by atoms with van der Waals surface area (Å²) in [6.07, 6.45) is 12.3. The Morgan fingerprint density at radius 3 is 2.34 bits per heavy atom. The summed E-state index contributed by atoms with van der Waals surface area (Å²) in [6.45, 7) is 6.81. The molecule has 0 spiro atoms. The van der Waals surface area contributed by atoms with Crippen LogP contribution in [0.2, 0.25) is 0 Å². The maximum Gasteiger partial charge on any atom is 0.104 e. The third kappa shape index (κ3) is 4.72. The van der Waals surface area contributed by atoms with Gasteiger partial charge in [-0.25, -0.2) is 0 Å². The molecule has 0 aliphatic heterocycles. The first kappa shape index (κ1) is 21.6. The van der Waals surface area contributed by atoms with E-state index in [2.05, 4.69) is 51.1 Å². The van der Waals surface area contributed by atoms with Gasteiger partial charge in [-0.05, 0) is 74.1 Å². The van der Waals surface area contributed by atoms with E-state index in [1.54, 1.807) is 0 Å². The van der Waals surface area contributed by atoms with Crippen LogP contribution < -0.4 is 0 Å². The van der Waals surface area contributed by atoms with Crippen molar-refractivity contribution in [3.8, 4) is 6.07 Å². The van der Waals surface area contributed by atoms with Crippen molar-refractivity contribution >= 4 is 0 Å². The second-order valence-corrected chi connectivity index (χ2v) is 8.76. The van der Waals surface area contributed by atoms with Gasteiger partial charge in [0, 0.05) is 5.69 Å². The molecule has 1 heterocycles. The lowest BCUT2D eigenvalue weighted by molar-refractivity contribution is 0.526. The number of hydrogen-bond donors (Lipinski definition) is 0. The van der Waals surface area contributed by atoms with Crippen molar-refractivity contribution in [1.82, 2.24) is 4.98 Å². The molecule has 2 aromatic rings. The van der Waals surface area contributed by atoms with Gasteiger partial charge in [0.25, 0.3) is 0 Å². The molecule has 1 aliphatic rings. The van der Waals surface area contributed by atoms with Crippen molar-refractivity contribution in [2.45, 2.75) is 96.8 Å². The van der Waals surface area contributed by atoms with Crippen molar-refractivity contribution in [3.05, 3.63) is 64.0 Å². The van der Waals surface area contributed by atoms with E-state index in [0.29, 0.717) is 0 Å². The van der Waals surface area contributed by atoms with E-state index in [-0.39, 0.29) is 0 Å². The zero-order valence-electron chi connectivity index (χ0n) is 18.6. The van der Waals surface area contributed by atoms with Gasteiger partial charge in [0.15, 0.2) is 0 Å². The SMILES string of the molecule is CCCCCc1nc2c(c(C)c1CCCCC)CCC2(C#N)Cc1ccccc1.